The summed E-state index contributed by atoms with van der Waals surface area (Å²) in [4.78, 5) is 0. The fourth-order valence-electron chi connectivity index (χ4n) is 10.3. The van der Waals surface area contributed by atoms with Gasteiger partial charge in [0.05, 0.1) is 10.8 Å². The number of benzene rings is 10. The van der Waals surface area contributed by atoms with Crippen molar-refractivity contribution in [1.82, 2.24) is 0 Å². The first-order valence-corrected chi connectivity index (χ1v) is 33.2. The third kappa shape index (κ3) is 28.5. The summed E-state index contributed by atoms with van der Waals surface area (Å²) in [6.45, 7) is 39.6. The molecular weight excluding hydrogens is 1330 g/mol. The zero-order chi connectivity index (χ0) is 69.4. The molecule has 0 bridgehead atoms. The molecule has 522 valence electrons. The molecule has 12 rings (SSSR count). The molecule has 2 aliphatic rings. The summed E-state index contributed by atoms with van der Waals surface area (Å²) in [6, 6.07) is 88.6. The van der Waals surface area contributed by atoms with Crippen LogP contribution in [0.3, 0.4) is 0 Å². The van der Waals surface area contributed by atoms with Crippen molar-refractivity contribution < 1.29 is 106 Å². The molecule has 0 fully saturated rings. The van der Waals surface area contributed by atoms with Crippen molar-refractivity contribution in [3.05, 3.63) is 287 Å². The van der Waals surface area contributed by atoms with Gasteiger partial charge in [0.2, 0.25) is 0 Å². The molecule has 0 aromatic heterocycles. The van der Waals surface area contributed by atoms with Crippen LogP contribution in [-0.2, 0) is 85.7 Å². The van der Waals surface area contributed by atoms with E-state index in [-0.39, 0.29) is 108 Å². The van der Waals surface area contributed by atoms with Crippen LogP contribution in [0.4, 0.5) is 0 Å². The Kier molecular flexibility index (Phi) is 79.7. The first-order valence-electron chi connectivity index (χ1n) is 33.2. The van der Waals surface area contributed by atoms with Gasteiger partial charge >= 0.3 is 0 Å². The number of aliphatic hydroxyl groups excluding tert-OH is 4. The second-order valence-corrected chi connectivity index (χ2v) is 16.4. The van der Waals surface area contributed by atoms with E-state index in [0.29, 0.717) is 0 Å². The van der Waals surface area contributed by atoms with Gasteiger partial charge < -0.3 is 40.9 Å². The van der Waals surface area contributed by atoms with Crippen LogP contribution in [0.25, 0.3) is 43.8 Å². The Hall–Kier alpha value is -5.39. The molecule has 0 saturated heterocycles. The largest absolute Gasteiger partial charge is 0.412 e. The smallest absolute Gasteiger partial charge is 0.143 e. The van der Waals surface area contributed by atoms with E-state index in [1.165, 1.54) is 103 Å². The monoisotopic (exact) mass is 1450 g/mol. The summed E-state index contributed by atoms with van der Waals surface area (Å²) in [7, 11) is 4.86. The Labute approximate surface area is 630 Å². The summed E-state index contributed by atoms with van der Waals surface area (Å²) in [5.74, 6) is 0. The van der Waals surface area contributed by atoms with E-state index < -0.39 is 0 Å². The molecule has 95 heavy (non-hydrogen) atoms. The molecule has 10 aromatic rings. The van der Waals surface area contributed by atoms with E-state index in [2.05, 4.69) is 252 Å². The van der Waals surface area contributed by atoms with Gasteiger partial charge in [0, 0.05) is 93.9 Å². The Balaban J connectivity index is -0.000000152. The Morgan fingerprint density at radius 3 is 0.653 bits per heavy atom. The maximum atomic E-state index is 7.65. The maximum Gasteiger partial charge on any atom is 0.143 e. The average Bonchev–Trinajstić information content (AvgIpc) is 1.58. The molecule has 2 radical (unpaired) electrons. The normalized spacial score (nSPS) is 9.81. The van der Waals surface area contributed by atoms with Crippen molar-refractivity contribution in [2.24, 2.45) is 0 Å². The van der Waals surface area contributed by atoms with Gasteiger partial charge in [-0.1, -0.05) is 376 Å². The minimum absolute atomic E-state index is 0. The third-order valence-electron chi connectivity index (χ3n) is 12.9. The second-order valence-electron chi connectivity index (χ2n) is 16.4. The van der Waals surface area contributed by atoms with Gasteiger partial charge in [-0.3, -0.25) is 0 Å². The molecule has 10 aromatic carbocycles. The van der Waals surface area contributed by atoms with Gasteiger partial charge in [-0.15, -0.1) is 0 Å². The number of rotatable bonds is 6. The number of fused-ring (bicyclic) bond motifs is 8. The van der Waals surface area contributed by atoms with E-state index >= 15 is 0 Å². The minimum Gasteiger partial charge on any atom is -0.412 e. The molecule has 8 nitrogen and oxygen atoms in total. The van der Waals surface area contributed by atoms with Crippen molar-refractivity contribution in [3.8, 4) is 22.3 Å². The molecular formula is C85H128O8Y2. The summed E-state index contributed by atoms with van der Waals surface area (Å²) in [6.07, 6.45) is 0. The van der Waals surface area contributed by atoms with E-state index in [9.17, 15) is 0 Å². The molecule has 0 heterocycles. The van der Waals surface area contributed by atoms with Gasteiger partial charge in [-0.25, -0.2) is 0 Å². The summed E-state index contributed by atoms with van der Waals surface area (Å²) >= 11 is 0. The van der Waals surface area contributed by atoms with Crippen LogP contribution in [0.1, 0.15) is 190 Å². The molecule has 0 atom stereocenters. The number of aliphatic hydroxyl groups is 4. The zero-order valence-corrected chi connectivity index (χ0v) is 67.9. The number of ether oxygens (including phenoxy) is 2. The first-order chi connectivity index (χ1) is 44.6. The van der Waals surface area contributed by atoms with Gasteiger partial charge in [-0.2, -0.15) is 0 Å². The zero-order valence-electron chi connectivity index (χ0n) is 62.3. The quantitative estimate of drug-likeness (QED) is 0.121. The molecule has 8 N–H and O–H groups in total. The SMILES string of the molecule is C.CC.CC.CC.CC.CC.CC.CC.CC.CC.CC.CO.CO.COCO.COCO.O.O.[Y].[Y].c1ccc(C2(c3ccccc3)c3ccccc3-c3ccccc32)cc1.c1ccc2c(c1)-c1ccccc1C2(c1ccc2ccccc2c1)c1ccc2ccccc2c1. The molecule has 10 heteroatoms. The Morgan fingerprint density at radius 2 is 0.432 bits per heavy atom. The van der Waals surface area contributed by atoms with Crippen LogP contribution in [0.5, 0.6) is 0 Å². The van der Waals surface area contributed by atoms with Gasteiger partial charge in [0.15, 0.2) is 0 Å². The van der Waals surface area contributed by atoms with Gasteiger partial charge in [0.1, 0.15) is 13.6 Å². The van der Waals surface area contributed by atoms with Crippen LogP contribution in [0, 0.1) is 0 Å². The van der Waals surface area contributed by atoms with Crippen molar-refractivity contribution in [1.29, 1.82) is 0 Å². The van der Waals surface area contributed by atoms with Gasteiger partial charge in [0.25, 0.3) is 0 Å². The predicted octanol–water partition coefficient (Wildman–Crippen LogP) is 22.0. The van der Waals surface area contributed by atoms with Crippen LogP contribution < -0.4 is 0 Å². The predicted molar refractivity (Wildman–Crippen MR) is 414 cm³/mol. The van der Waals surface area contributed by atoms with E-state index in [1.54, 1.807) is 0 Å². The van der Waals surface area contributed by atoms with E-state index in [4.69, 9.17) is 20.4 Å². The fourth-order valence-corrected chi connectivity index (χ4v) is 10.3. The second kappa shape index (κ2) is 69.9. The molecule has 0 spiro atoms. The van der Waals surface area contributed by atoms with Crippen LogP contribution in [0.15, 0.2) is 243 Å². The van der Waals surface area contributed by atoms with Crippen molar-refractivity contribution in [2.75, 3.05) is 42.0 Å². The number of methoxy groups -OCH3 is 2. The molecule has 0 aliphatic heterocycles. The fraction of sp³-hybridized carbons (Fsp3) is 0.341. The first kappa shape index (κ1) is 108. The van der Waals surface area contributed by atoms with Crippen molar-refractivity contribution >= 4 is 21.5 Å². The van der Waals surface area contributed by atoms with Crippen molar-refractivity contribution in [2.45, 2.75) is 157 Å². The standard InChI is InChI=1S/C33H22.C25H18.2C2H6O2.10C2H6.2CH4O.CH4.2H2O.2Y/c1-3-11-25-21-27(19-17-23(25)9-1)33(28-20-18-24-10-2-4-12-26(24)22-28)31-15-7-5-13-29(31)30-14-6-8-16-32(30)33;1-3-11-19(12-4-1)25(20-13-5-2-6-14-20)23-17-9-7-15-21(23)22-16-8-10-18-24(22)25;2*1-4-2-3;12*1-2;;;;;/h1-22H;1-18H;2*3H,2H2,1H3;10*1-2H3;2*2H,1H3;1H4;2*1H2;;. The maximum absolute atomic E-state index is 7.65. The summed E-state index contributed by atoms with van der Waals surface area (Å²) in [5, 5.41) is 34.4. The van der Waals surface area contributed by atoms with Crippen LogP contribution >= 0.6 is 0 Å². The summed E-state index contributed by atoms with van der Waals surface area (Å²) < 4.78 is 8.19. The van der Waals surface area contributed by atoms with Crippen LogP contribution in [-0.4, -0.2) is 73.4 Å². The third-order valence-corrected chi connectivity index (χ3v) is 12.9. The van der Waals surface area contributed by atoms with Crippen molar-refractivity contribution in [3.63, 3.8) is 0 Å². The molecule has 0 saturated carbocycles. The molecule has 0 unspecified atom stereocenters. The Morgan fingerprint density at radius 1 is 0.253 bits per heavy atom. The number of hydrogen-bond acceptors (Lipinski definition) is 6. The number of hydrogen-bond donors (Lipinski definition) is 4. The minimum atomic E-state index is -0.360. The van der Waals surface area contributed by atoms with Gasteiger partial charge in [-0.05, 0) is 100 Å². The van der Waals surface area contributed by atoms with E-state index in [1.807, 2.05) is 138 Å². The van der Waals surface area contributed by atoms with Crippen LogP contribution in [0.2, 0.25) is 0 Å². The average molecular weight is 1460 g/mol. The summed E-state index contributed by atoms with van der Waals surface area (Å²) in [5.41, 5.74) is 15.4. The molecule has 2 aliphatic carbocycles. The Bertz CT molecular complexity index is 3020. The van der Waals surface area contributed by atoms with E-state index in [0.717, 1.165) is 14.2 Å². The molecule has 0 amide bonds. The topological polar surface area (TPSA) is 162 Å².